The number of oxazole rings is 1. The van der Waals surface area contributed by atoms with Crippen molar-refractivity contribution >= 4 is 27.7 Å². The van der Waals surface area contributed by atoms with E-state index in [1.165, 1.54) is 0 Å². The Hall–Kier alpha value is 0.0400. The molecule has 0 radical (unpaired) electrons. The first kappa shape index (κ1) is 9.13. The summed E-state index contributed by atoms with van der Waals surface area (Å²) in [5.74, 6) is 1.64. The van der Waals surface area contributed by atoms with Crippen molar-refractivity contribution in [2.24, 2.45) is 0 Å². The summed E-state index contributed by atoms with van der Waals surface area (Å²) in [5.41, 5.74) is 0. The molecule has 0 aliphatic rings. The minimum Gasteiger partial charge on any atom is -0.433 e. The highest BCUT2D eigenvalue weighted by atomic mass is 79.9. The van der Waals surface area contributed by atoms with Crippen LogP contribution in [0.2, 0.25) is 0 Å². The van der Waals surface area contributed by atoms with Crippen molar-refractivity contribution in [1.82, 2.24) is 4.98 Å². The monoisotopic (exact) mass is 235 g/mol. The van der Waals surface area contributed by atoms with Gasteiger partial charge in [-0.2, -0.15) is 0 Å². The molecule has 2 nitrogen and oxygen atoms in total. The van der Waals surface area contributed by atoms with Crippen LogP contribution >= 0.6 is 27.7 Å². The van der Waals surface area contributed by atoms with Gasteiger partial charge in [-0.3, -0.25) is 0 Å². The van der Waals surface area contributed by atoms with Gasteiger partial charge in [-0.25, -0.2) is 4.98 Å². The summed E-state index contributed by atoms with van der Waals surface area (Å²) < 4.78 is 5.92. The lowest BCUT2D eigenvalue weighted by atomic mass is 10.6. The van der Waals surface area contributed by atoms with E-state index in [2.05, 4.69) is 34.8 Å². The summed E-state index contributed by atoms with van der Waals surface area (Å²) in [6, 6.07) is 0. The molecule has 0 bridgehead atoms. The van der Waals surface area contributed by atoms with Gasteiger partial charge in [0, 0.05) is 0 Å². The third-order valence-corrected chi connectivity index (χ3v) is 2.51. The molecule has 1 heterocycles. The second-order valence-electron chi connectivity index (χ2n) is 2.42. The lowest BCUT2D eigenvalue weighted by Crippen LogP contribution is -1.88. The SMILES string of the molecule is CC(C)SCc1ncc(Br)o1. The van der Waals surface area contributed by atoms with Crippen molar-refractivity contribution in [1.29, 1.82) is 0 Å². The Bertz CT molecular complexity index is 224. The predicted octanol–water partition coefficient (Wildman–Crippen LogP) is 3.08. The van der Waals surface area contributed by atoms with E-state index in [-0.39, 0.29) is 0 Å². The molecule has 1 aromatic rings. The van der Waals surface area contributed by atoms with Gasteiger partial charge in [0.05, 0.1) is 11.9 Å². The maximum Gasteiger partial charge on any atom is 0.205 e. The first-order valence-corrected chi connectivity index (χ1v) is 5.24. The lowest BCUT2D eigenvalue weighted by molar-refractivity contribution is 0.495. The molecule has 0 unspecified atom stereocenters. The maximum atomic E-state index is 5.22. The van der Waals surface area contributed by atoms with Crippen LogP contribution in [0.3, 0.4) is 0 Å². The minimum absolute atomic E-state index is 0.626. The lowest BCUT2D eigenvalue weighted by Gasteiger charge is -1.99. The molecule has 0 saturated carbocycles. The maximum absolute atomic E-state index is 5.22. The Kier molecular flexibility index (Phi) is 3.45. The number of aromatic nitrogens is 1. The zero-order valence-corrected chi connectivity index (χ0v) is 8.91. The fourth-order valence-electron chi connectivity index (χ4n) is 0.593. The van der Waals surface area contributed by atoms with Crippen molar-refractivity contribution in [3.63, 3.8) is 0 Å². The van der Waals surface area contributed by atoms with Crippen LogP contribution in [-0.4, -0.2) is 10.2 Å². The zero-order chi connectivity index (χ0) is 8.27. The predicted molar refractivity (Wildman–Crippen MR) is 50.6 cm³/mol. The molecule has 0 atom stereocenters. The molecule has 1 rings (SSSR count). The van der Waals surface area contributed by atoms with Gasteiger partial charge in [0.15, 0.2) is 4.67 Å². The van der Waals surface area contributed by atoms with Gasteiger partial charge in [-0.05, 0) is 21.2 Å². The van der Waals surface area contributed by atoms with Gasteiger partial charge in [-0.1, -0.05) is 13.8 Å². The van der Waals surface area contributed by atoms with Crippen LogP contribution in [0, 0.1) is 0 Å². The molecule has 0 saturated heterocycles. The minimum atomic E-state index is 0.626. The van der Waals surface area contributed by atoms with E-state index in [1.54, 1.807) is 6.20 Å². The normalized spacial score (nSPS) is 10.9. The second kappa shape index (κ2) is 4.16. The van der Waals surface area contributed by atoms with Crippen LogP contribution in [-0.2, 0) is 5.75 Å². The molecule has 0 aromatic carbocycles. The van der Waals surface area contributed by atoms with E-state index >= 15 is 0 Å². The van der Waals surface area contributed by atoms with E-state index in [0.717, 1.165) is 11.6 Å². The summed E-state index contributed by atoms with van der Waals surface area (Å²) in [4.78, 5) is 4.05. The highest BCUT2D eigenvalue weighted by Crippen LogP contribution is 2.18. The van der Waals surface area contributed by atoms with Gasteiger partial charge >= 0.3 is 0 Å². The van der Waals surface area contributed by atoms with Crippen LogP contribution in [0.25, 0.3) is 0 Å². The topological polar surface area (TPSA) is 26.0 Å². The van der Waals surface area contributed by atoms with Crippen LogP contribution < -0.4 is 0 Å². The van der Waals surface area contributed by atoms with Gasteiger partial charge in [-0.15, -0.1) is 11.8 Å². The average molecular weight is 236 g/mol. The van der Waals surface area contributed by atoms with Crippen molar-refractivity contribution in [3.8, 4) is 0 Å². The molecule has 62 valence electrons. The molecule has 0 spiro atoms. The number of hydrogen-bond donors (Lipinski definition) is 0. The van der Waals surface area contributed by atoms with Crippen LogP contribution in [0.15, 0.2) is 15.3 Å². The highest BCUT2D eigenvalue weighted by molar-refractivity contribution is 9.10. The first-order chi connectivity index (χ1) is 5.18. The molecule has 11 heavy (non-hydrogen) atoms. The Balaban J connectivity index is 2.39. The number of halogens is 1. The second-order valence-corrected chi connectivity index (χ2v) is 4.76. The van der Waals surface area contributed by atoms with Crippen molar-refractivity contribution in [2.75, 3.05) is 0 Å². The number of rotatable bonds is 3. The van der Waals surface area contributed by atoms with Gasteiger partial charge in [0.25, 0.3) is 0 Å². The third-order valence-electron chi connectivity index (χ3n) is 1.07. The Morgan fingerprint density at radius 2 is 2.45 bits per heavy atom. The standard InChI is InChI=1S/C7H10BrNOS/c1-5(2)11-4-7-9-3-6(8)10-7/h3,5H,4H2,1-2H3. The molecule has 1 aromatic heterocycles. The van der Waals surface area contributed by atoms with E-state index in [4.69, 9.17) is 4.42 Å². The summed E-state index contributed by atoms with van der Waals surface area (Å²) in [6.07, 6.45) is 1.68. The average Bonchev–Trinajstić information content (AvgIpc) is 2.31. The van der Waals surface area contributed by atoms with Crippen molar-refractivity contribution < 1.29 is 4.42 Å². The van der Waals surface area contributed by atoms with Crippen molar-refractivity contribution in [2.45, 2.75) is 24.9 Å². The summed E-state index contributed by atoms with van der Waals surface area (Å²) in [6.45, 7) is 4.31. The van der Waals surface area contributed by atoms with Crippen molar-refractivity contribution in [3.05, 3.63) is 16.8 Å². The zero-order valence-electron chi connectivity index (χ0n) is 6.50. The largest absolute Gasteiger partial charge is 0.433 e. The molecular weight excluding hydrogens is 226 g/mol. The first-order valence-electron chi connectivity index (χ1n) is 3.40. The number of hydrogen-bond acceptors (Lipinski definition) is 3. The number of nitrogens with zero attached hydrogens (tertiary/aromatic N) is 1. The molecule has 0 aliphatic heterocycles. The Morgan fingerprint density at radius 3 is 2.91 bits per heavy atom. The fraction of sp³-hybridized carbons (Fsp3) is 0.571. The van der Waals surface area contributed by atoms with E-state index < -0.39 is 0 Å². The van der Waals surface area contributed by atoms with E-state index in [9.17, 15) is 0 Å². The molecule has 0 fully saturated rings. The van der Waals surface area contributed by atoms with E-state index in [1.807, 2.05) is 11.8 Å². The summed E-state index contributed by atoms with van der Waals surface area (Å²) in [7, 11) is 0. The third kappa shape index (κ3) is 3.29. The van der Waals surface area contributed by atoms with Gasteiger partial charge < -0.3 is 4.42 Å². The summed E-state index contributed by atoms with van der Waals surface area (Å²) >= 11 is 5.02. The molecule has 0 amide bonds. The van der Waals surface area contributed by atoms with Gasteiger partial charge in [0.1, 0.15) is 0 Å². The van der Waals surface area contributed by atoms with Crippen LogP contribution in [0.4, 0.5) is 0 Å². The molecule has 4 heteroatoms. The smallest absolute Gasteiger partial charge is 0.205 e. The highest BCUT2D eigenvalue weighted by Gasteiger charge is 2.02. The summed E-state index contributed by atoms with van der Waals surface area (Å²) in [5, 5.41) is 0.626. The Morgan fingerprint density at radius 1 is 1.73 bits per heavy atom. The molecule has 0 aliphatic carbocycles. The molecular formula is C7H10BrNOS. The number of thioether (sulfide) groups is 1. The van der Waals surface area contributed by atoms with E-state index in [0.29, 0.717) is 9.92 Å². The van der Waals surface area contributed by atoms with Gasteiger partial charge in [0.2, 0.25) is 5.89 Å². The van der Waals surface area contributed by atoms with Crippen LogP contribution in [0.1, 0.15) is 19.7 Å². The quantitative estimate of drug-likeness (QED) is 0.806. The fourth-order valence-corrected chi connectivity index (χ4v) is 1.49. The van der Waals surface area contributed by atoms with Crippen LogP contribution in [0.5, 0.6) is 0 Å². The molecule has 0 N–H and O–H groups in total. The Labute approximate surface area is 78.9 Å².